The van der Waals surface area contributed by atoms with Crippen molar-refractivity contribution < 1.29 is 9.66 Å². The summed E-state index contributed by atoms with van der Waals surface area (Å²) < 4.78 is 6.58. The molecule has 0 saturated carbocycles. The topological polar surface area (TPSA) is 112 Å². The summed E-state index contributed by atoms with van der Waals surface area (Å²) in [5.74, 6) is 0.785. The van der Waals surface area contributed by atoms with Crippen LogP contribution in [0.2, 0.25) is 0 Å². The molecule has 0 aliphatic rings. The maximum atomic E-state index is 12.0. The number of nitrogens with zero attached hydrogens (tertiary/aromatic N) is 5. The Morgan fingerprint density at radius 1 is 1.14 bits per heavy atom. The zero-order valence-corrected chi connectivity index (χ0v) is 21.8. The molecule has 3 heterocycles. The van der Waals surface area contributed by atoms with Gasteiger partial charge in [0, 0.05) is 54.9 Å². The smallest absolute Gasteiger partial charge is 0.294 e. The third-order valence-corrected chi connectivity index (χ3v) is 7.09. The molecule has 0 bridgehead atoms. The van der Waals surface area contributed by atoms with Crippen LogP contribution in [0.4, 0.5) is 23.0 Å². The van der Waals surface area contributed by atoms with Crippen LogP contribution in [-0.4, -0.2) is 66.1 Å². The Balaban J connectivity index is 1.58. The van der Waals surface area contributed by atoms with Crippen molar-refractivity contribution >= 4 is 55.5 Å². The van der Waals surface area contributed by atoms with Gasteiger partial charge in [-0.15, -0.1) is 11.3 Å². The van der Waals surface area contributed by atoms with Crippen LogP contribution in [0, 0.1) is 10.1 Å². The van der Waals surface area contributed by atoms with E-state index in [9.17, 15) is 10.1 Å². The summed E-state index contributed by atoms with van der Waals surface area (Å²) >= 11 is 1.57. The quantitative estimate of drug-likeness (QED) is 0.195. The molecular weight excluding hydrogens is 490 g/mol. The highest BCUT2D eigenvalue weighted by atomic mass is 32.1. The Labute approximate surface area is 217 Å². The third-order valence-electron chi connectivity index (χ3n) is 6.18. The monoisotopic (exact) mass is 517 g/mol. The maximum Gasteiger partial charge on any atom is 0.294 e. The maximum absolute atomic E-state index is 12.0. The fourth-order valence-corrected chi connectivity index (χ4v) is 5.07. The lowest BCUT2D eigenvalue weighted by Crippen LogP contribution is -2.28. The van der Waals surface area contributed by atoms with Crippen molar-refractivity contribution in [2.24, 2.45) is 0 Å². The Morgan fingerprint density at radius 2 is 1.95 bits per heavy atom. The highest BCUT2D eigenvalue weighted by molar-refractivity contribution is 7.17. The number of nitro benzene ring substituents is 1. The van der Waals surface area contributed by atoms with Crippen molar-refractivity contribution in [3.8, 4) is 17.0 Å². The van der Waals surface area contributed by atoms with E-state index in [4.69, 9.17) is 9.72 Å². The first-order valence-electron chi connectivity index (χ1n) is 11.7. The lowest BCUT2D eigenvalue weighted by atomic mass is 10.1. The molecule has 0 aliphatic carbocycles. The summed E-state index contributed by atoms with van der Waals surface area (Å²) in [6.07, 6.45) is 1.94. The predicted molar refractivity (Wildman–Crippen MR) is 149 cm³/mol. The number of hydrogen-bond acceptors (Lipinski definition) is 9. The Bertz CT molecular complexity index is 1590. The van der Waals surface area contributed by atoms with Crippen molar-refractivity contribution in [3.05, 3.63) is 64.2 Å². The normalized spacial score (nSPS) is 11.4. The van der Waals surface area contributed by atoms with Crippen LogP contribution in [0.5, 0.6) is 5.75 Å². The van der Waals surface area contributed by atoms with Gasteiger partial charge in [-0.3, -0.25) is 10.1 Å². The van der Waals surface area contributed by atoms with Gasteiger partial charge in [0.1, 0.15) is 11.4 Å². The molecule has 0 fully saturated rings. The highest BCUT2D eigenvalue weighted by Crippen LogP contribution is 2.40. The minimum atomic E-state index is -0.383. The molecule has 0 radical (unpaired) electrons. The number of benzene rings is 2. The largest absolute Gasteiger partial charge is 0.494 e. The molecule has 37 heavy (non-hydrogen) atoms. The van der Waals surface area contributed by atoms with Crippen molar-refractivity contribution in [2.75, 3.05) is 51.6 Å². The first-order valence-corrected chi connectivity index (χ1v) is 12.5. The molecule has 0 atom stereocenters. The van der Waals surface area contributed by atoms with E-state index in [0.717, 1.165) is 38.9 Å². The van der Waals surface area contributed by atoms with E-state index in [1.165, 1.54) is 13.2 Å². The predicted octanol–water partition coefficient (Wildman–Crippen LogP) is 5.50. The molecule has 5 rings (SSSR count). The van der Waals surface area contributed by atoms with Crippen molar-refractivity contribution in [3.63, 3.8) is 0 Å². The number of likely N-dealkylation sites (N-methyl/N-ethyl adjacent to an activating group) is 2. The number of rotatable bonds is 9. The number of anilines is 3. The molecule has 5 aromatic rings. The Hall–Kier alpha value is -4.22. The fourth-order valence-electron chi connectivity index (χ4n) is 4.24. The van der Waals surface area contributed by atoms with Crippen molar-refractivity contribution in [1.82, 2.24) is 19.9 Å². The van der Waals surface area contributed by atoms with Crippen molar-refractivity contribution in [1.29, 1.82) is 0 Å². The molecular formula is C26H27N7O3S. The molecule has 0 aliphatic heterocycles. The molecule has 0 saturated heterocycles. The molecule has 2 aromatic carbocycles. The minimum Gasteiger partial charge on any atom is -0.494 e. The summed E-state index contributed by atoms with van der Waals surface area (Å²) in [6, 6.07) is 13.1. The van der Waals surface area contributed by atoms with Gasteiger partial charge in [-0.1, -0.05) is 18.2 Å². The fraction of sp³-hybridized carbons (Fsp3) is 0.231. The van der Waals surface area contributed by atoms with Gasteiger partial charge in [-0.2, -0.15) is 0 Å². The molecule has 11 heteroatoms. The molecule has 3 aromatic heterocycles. The van der Waals surface area contributed by atoms with Crippen LogP contribution in [0.3, 0.4) is 0 Å². The second kappa shape index (κ2) is 10.0. The van der Waals surface area contributed by atoms with Gasteiger partial charge in [-0.25, -0.2) is 9.97 Å². The van der Waals surface area contributed by atoms with E-state index >= 15 is 0 Å². The number of fused-ring (bicyclic) bond motifs is 2. The molecule has 190 valence electrons. The lowest BCUT2D eigenvalue weighted by Gasteiger charge is -2.22. The molecule has 10 nitrogen and oxygen atoms in total. The molecule has 2 N–H and O–H groups in total. The first-order chi connectivity index (χ1) is 17.9. The third kappa shape index (κ3) is 4.78. The number of aromatic nitrogens is 3. The van der Waals surface area contributed by atoms with Gasteiger partial charge >= 0.3 is 0 Å². The Kier molecular flexibility index (Phi) is 6.64. The van der Waals surface area contributed by atoms with E-state index in [2.05, 4.69) is 15.3 Å². The number of H-pyrrole nitrogens is 1. The average molecular weight is 518 g/mol. The standard InChI is InChI=1S/C26H27N7O3S/c1-31(2)10-11-32(3)21-14-23(36-4)20(13-22(21)33(34)35)29-26-28-19-9-12-37-25(19)24(30-26)17-15-27-18-8-6-5-7-16(17)18/h5-9,12-15,27H,10-11H2,1-4H3,(H,28,29,30). The Morgan fingerprint density at radius 3 is 2.70 bits per heavy atom. The number of thiophene rings is 1. The number of methoxy groups -OCH3 is 1. The van der Waals surface area contributed by atoms with Crippen LogP contribution in [0.25, 0.3) is 32.4 Å². The van der Waals surface area contributed by atoms with Gasteiger partial charge in [0.15, 0.2) is 0 Å². The van der Waals surface area contributed by atoms with Gasteiger partial charge < -0.3 is 24.8 Å². The minimum absolute atomic E-state index is 0.0296. The molecule has 0 unspecified atom stereocenters. The average Bonchev–Trinajstić information content (AvgIpc) is 3.53. The summed E-state index contributed by atoms with van der Waals surface area (Å²) in [5.41, 5.74) is 4.41. The van der Waals surface area contributed by atoms with E-state index in [-0.39, 0.29) is 10.6 Å². The van der Waals surface area contributed by atoms with E-state index in [0.29, 0.717) is 29.6 Å². The highest BCUT2D eigenvalue weighted by Gasteiger charge is 2.23. The van der Waals surface area contributed by atoms with Crippen LogP contribution >= 0.6 is 11.3 Å². The van der Waals surface area contributed by atoms with Crippen molar-refractivity contribution in [2.45, 2.75) is 0 Å². The van der Waals surface area contributed by atoms with Gasteiger partial charge in [0.05, 0.1) is 33.6 Å². The zero-order chi connectivity index (χ0) is 26.1. The van der Waals surface area contributed by atoms with Crippen LogP contribution in [-0.2, 0) is 0 Å². The first kappa shape index (κ1) is 24.5. The van der Waals surface area contributed by atoms with E-state index in [1.807, 2.05) is 72.9 Å². The van der Waals surface area contributed by atoms with Gasteiger partial charge in [-0.05, 0) is 31.6 Å². The SMILES string of the molecule is COc1cc(N(C)CCN(C)C)c([N+](=O)[O-])cc1Nc1nc(-c2c[nH]c3ccccc23)c2sccc2n1. The lowest BCUT2D eigenvalue weighted by molar-refractivity contribution is -0.384. The number of hydrogen-bond donors (Lipinski definition) is 2. The summed E-state index contributed by atoms with van der Waals surface area (Å²) in [4.78, 5) is 28.3. The van der Waals surface area contributed by atoms with Crippen LogP contribution < -0.4 is 15.0 Å². The van der Waals surface area contributed by atoms with Crippen LogP contribution in [0.15, 0.2) is 54.0 Å². The number of ether oxygens (including phenoxy) is 1. The summed E-state index contributed by atoms with van der Waals surface area (Å²) in [6.45, 7) is 1.37. The van der Waals surface area contributed by atoms with Gasteiger partial charge in [0.2, 0.25) is 5.95 Å². The summed E-state index contributed by atoms with van der Waals surface area (Å²) in [7, 11) is 7.30. The second-order valence-electron chi connectivity index (χ2n) is 8.93. The van der Waals surface area contributed by atoms with E-state index < -0.39 is 0 Å². The van der Waals surface area contributed by atoms with Gasteiger partial charge in [0.25, 0.3) is 5.69 Å². The number of nitrogens with one attached hydrogen (secondary N) is 2. The summed E-state index contributed by atoms with van der Waals surface area (Å²) in [5, 5.41) is 18.2. The zero-order valence-electron chi connectivity index (χ0n) is 21.0. The number of aromatic amines is 1. The second-order valence-corrected chi connectivity index (χ2v) is 9.84. The van der Waals surface area contributed by atoms with Crippen LogP contribution in [0.1, 0.15) is 0 Å². The molecule has 0 amide bonds. The van der Waals surface area contributed by atoms with E-state index in [1.54, 1.807) is 17.4 Å². The molecule has 0 spiro atoms. The number of para-hydroxylation sites is 1. The number of nitro groups is 1.